The van der Waals surface area contributed by atoms with Gasteiger partial charge in [-0.15, -0.1) is 0 Å². The van der Waals surface area contributed by atoms with Crippen molar-refractivity contribution in [2.75, 3.05) is 14.1 Å². The van der Waals surface area contributed by atoms with Crippen molar-refractivity contribution in [2.24, 2.45) is 21.7 Å². The van der Waals surface area contributed by atoms with Gasteiger partial charge in [-0.3, -0.25) is 0 Å². The van der Waals surface area contributed by atoms with E-state index >= 15 is 0 Å². The molecule has 0 saturated carbocycles. The molecular formula is C8H16N6S2. The van der Waals surface area contributed by atoms with Crippen molar-refractivity contribution in [2.45, 2.75) is 13.8 Å². The molecule has 0 rings (SSSR count). The molecule has 0 atom stereocenters. The summed E-state index contributed by atoms with van der Waals surface area (Å²) in [4.78, 5) is 0. The maximum atomic E-state index is 5.39. The van der Waals surface area contributed by atoms with E-state index in [0.29, 0.717) is 11.4 Å². The van der Waals surface area contributed by atoms with Crippen LogP contribution in [0.5, 0.6) is 0 Å². The van der Waals surface area contributed by atoms with E-state index in [1.807, 2.05) is 0 Å². The second-order valence-corrected chi connectivity index (χ2v) is 3.93. The van der Waals surface area contributed by atoms with Crippen molar-refractivity contribution in [1.82, 2.24) is 10.0 Å². The molecule has 0 heterocycles. The highest BCUT2D eigenvalue weighted by Crippen LogP contribution is 1.92. The quantitative estimate of drug-likeness (QED) is 0.425. The minimum atomic E-state index is 0.190. The standard InChI is InChI=1S/C8H16N6S2/c1-5(11-13(3)7(9)15)6(2)12-14(4)8(10)16/h1-4H3,(H2,9,15)(H2,10,16)/b11-5+,12-6+. The third-order valence-electron chi connectivity index (χ3n) is 1.76. The van der Waals surface area contributed by atoms with Gasteiger partial charge in [0.1, 0.15) is 0 Å². The van der Waals surface area contributed by atoms with Gasteiger partial charge in [-0.05, 0) is 38.3 Å². The second-order valence-electron chi connectivity index (χ2n) is 3.09. The first kappa shape index (κ1) is 14.7. The molecule has 0 aromatic rings. The van der Waals surface area contributed by atoms with E-state index in [1.165, 1.54) is 10.0 Å². The van der Waals surface area contributed by atoms with Crippen molar-refractivity contribution in [3.05, 3.63) is 0 Å². The first-order chi connectivity index (χ1) is 7.25. The van der Waals surface area contributed by atoms with Crippen molar-refractivity contribution in [1.29, 1.82) is 0 Å². The minimum absolute atomic E-state index is 0.190. The number of hydrogen-bond donors (Lipinski definition) is 2. The van der Waals surface area contributed by atoms with Crippen LogP contribution in [0.3, 0.4) is 0 Å². The highest BCUT2D eigenvalue weighted by atomic mass is 32.1. The van der Waals surface area contributed by atoms with Gasteiger partial charge in [-0.1, -0.05) is 0 Å². The van der Waals surface area contributed by atoms with E-state index in [0.717, 1.165) is 0 Å². The lowest BCUT2D eigenvalue weighted by Gasteiger charge is -2.14. The Morgan fingerprint density at radius 3 is 1.31 bits per heavy atom. The number of nitrogens with zero attached hydrogens (tertiary/aromatic N) is 4. The highest BCUT2D eigenvalue weighted by molar-refractivity contribution is 7.80. The van der Waals surface area contributed by atoms with Gasteiger partial charge >= 0.3 is 0 Å². The normalized spacial score (nSPS) is 12.2. The summed E-state index contributed by atoms with van der Waals surface area (Å²) in [5, 5.41) is 11.4. The Balaban J connectivity index is 4.79. The Labute approximate surface area is 106 Å². The third-order valence-corrected chi connectivity index (χ3v) is 2.29. The average molecular weight is 260 g/mol. The molecule has 4 N–H and O–H groups in total. The Morgan fingerprint density at radius 2 is 1.12 bits per heavy atom. The van der Waals surface area contributed by atoms with Crippen molar-refractivity contribution < 1.29 is 0 Å². The summed E-state index contributed by atoms with van der Waals surface area (Å²) in [7, 11) is 3.33. The number of hydrogen-bond acceptors (Lipinski definition) is 4. The van der Waals surface area contributed by atoms with Crippen LogP contribution in [0.15, 0.2) is 10.2 Å². The molecule has 0 amide bonds. The van der Waals surface area contributed by atoms with Crippen LogP contribution < -0.4 is 11.5 Å². The summed E-state index contributed by atoms with van der Waals surface area (Å²) < 4.78 is 0. The summed E-state index contributed by atoms with van der Waals surface area (Å²) in [5.41, 5.74) is 12.1. The van der Waals surface area contributed by atoms with E-state index < -0.39 is 0 Å². The molecule has 16 heavy (non-hydrogen) atoms. The summed E-state index contributed by atoms with van der Waals surface area (Å²) in [6, 6.07) is 0. The molecule has 0 bridgehead atoms. The molecule has 0 unspecified atom stereocenters. The van der Waals surface area contributed by atoms with Crippen LogP contribution in [0.25, 0.3) is 0 Å². The molecule has 6 nitrogen and oxygen atoms in total. The molecule has 0 aliphatic heterocycles. The van der Waals surface area contributed by atoms with Crippen LogP contribution in [0, 0.1) is 0 Å². The average Bonchev–Trinajstić information content (AvgIpc) is 2.16. The lowest BCUT2D eigenvalue weighted by Crippen LogP contribution is -2.31. The highest BCUT2D eigenvalue weighted by Gasteiger charge is 2.03. The van der Waals surface area contributed by atoms with Gasteiger partial charge in [0.2, 0.25) is 0 Å². The number of thiocarbonyl (C=S) groups is 2. The molecule has 0 spiro atoms. The van der Waals surface area contributed by atoms with Gasteiger partial charge in [0, 0.05) is 14.1 Å². The van der Waals surface area contributed by atoms with Crippen LogP contribution in [-0.4, -0.2) is 45.8 Å². The maximum absolute atomic E-state index is 5.39. The summed E-state index contributed by atoms with van der Waals surface area (Å²) in [6.07, 6.45) is 0. The van der Waals surface area contributed by atoms with Crippen LogP contribution in [-0.2, 0) is 0 Å². The molecule has 0 aliphatic rings. The van der Waals surface area contributed by atoms with Gasteiger partial charge in [-0.2, -0.15) is 10.2 Å². The second kappa shape index (κ2) is 6.33. The Kier molecular flexibility index (Phi) is 5.83. The smallest absolute Gasteiger partial charge is 0.186 e. The third kappa shape index (κ3) is 4.99. The topological polar surface area (TPSA) is 83.2 Å². The van der Waals surface area contributed by atoms with Crippen LogP contribution in [0.1, 0.15) is 13.8 Å². The molecule has 0 radical (unpaired) electrons. The lowest BCUT2D eigenvalue weighted by atomic mass is 10.3. The van der Waals surface area contributed by atoms with E-state index in [1.54, 1.807) is 27.9 Å². The molecule has 0 saturated heterocycles. The minimum Gasteiger partial charge on any atom is -0.375 e. The molecule has 90 valence electrons. The Bertz CT molecular complexity index is 314. The van der Waals surface area contributed by atoms with Crippen LogP contribution >= 0.6 is 24.4 Å². The van der Waals surface area contributed by atoms with E-state index in [-0.39, 0.29) is 10.2 Å². The van der Waals surface area contributed by atoms with E-state index in [4.69, 9.17) is 35.9 Å². The maximum Gasteiger partial charge on any atom is 0.186 e. The van der Waals surface area contributed by atoms with Gasteiger partial charge in [0.25, 0.3) is 0 Å². The number of nitrogens with two attached hydrogens (primary N) is 2. The zero-order valence-corrected chi connectivity index (χ0v) is 11.4. The fraction of sp³-hybridized carbons (Fsp3) is 0.500. The lowest BCUT2D eigenvalue weighted by molar-refractivity contribution is 0.543. The zero-order chi connectivity index (χ0) is 12.9. The van der Waals surface area contributed by atoms with Crippen molar-refractivity contribution in [3.8, 4) is 0 Å². The Morgan fingerprint density at radius 1 is 0.875 bits per heavy atom. The zero-order valence-electron chi connectivity index (χ0n) is 9.76. The first-order valence-electron chi connectivity index (χ1n) is 4.42. The van der Waals surface area contributed by atoms with E-state index in [9.17, 15) is 0 Å². The molecular weight excluding hydrogens is 244 g/mol. The van der Waals surface area contributed by atoms with Crippen LogP contribution in [0.4, 0.5) is 0 Å². The molecule has 8 heteroatoms. The largest absolute Gasteiger partial charge is 0.375 e. The van der Waals surface area contributed by atoms with Crippen molar-refractivity contribution >= 4 is 46.1 Å². The fourth-order valence-corrected chi connectivity index (χ4v) is 0.775. The predicted molar refractivity (Wildman–Crippen MR) is 75.3 cm³/mol. The SMILES string of the molecule is CC(=N\N(C)C(N)=S)/C(C)=N/N(C)C(N)=S. The predicted octanol–water partition coefficient (Wildman–Crippen LogP) is 0.0890. The van der Waals surface area contributed by atoms with Crippen LogP contribution in [0.2, 0.25) is 0 Å². The van der Waals surface area contributed by atoms with Gasteiger partial charge in [0.15, 0.2) is 10.2 Å². The number of hydrazone groups is 2. The van der Waals surface area contributed by atoms with E-state index in [2.05, 4.69) is 10.2 Å². The summed E-state index contributed by atoms with van der Waals surface area (Å²) >= 11 is 9.52. The molecule has 0 aromatic carbocycles. The monoisotopic (exact) mass is 260 g/mol. The van der Waals surface area contributed by atoms with Gasteiger partial charge in [0.05, 0.1) is 11.4 Å². The molecule has 0 fully saturated rings. The van der Waals surface area contributed by atoms with Gasteiger partial charge in [-0.25, -0.2) is 10.0 Å². The molecule has 0 aliphatic carbocycles. The Hall–Kier alpha value is -1.28. The van der Waals surface area contributed by atoms with Crippen molar-refractivity contribution in [3.63, 3.8) is 0 Å². The molecule has 0 aromatic heterocycles. The van der Waals surface area contributed by atoms with Gasteiger partial charge < -0.3 is 11.5 Å². The number of rotatable bonds is 3. The first-order valence-corrected chi connectivity index (χ1v) is 5.24. The fourth-order valence-electron chi connectivity index (χ4n) is 0.693. The summed E-state index contributed by atoms with van der Waals surface area (Å²) in [5.74, 6) is 0. The summed E-state index contributed by atoms with van der Waals surface area (Å²) in [6.45, 7) is 3.59.